The highest BCUT2D eigenvalue weighted by Crippen LogP contribution is 2.02. The Balaban J connectivity index is 4.06. The van der Waals surface area contributed by atoms with Crippen molar-refractivity contribution in [2.75, 3.05) is 6.61 Å². The molecule has 2 heteroatoms. The predicted octanol–water partition coefficient (Wildman–Crippen LogP) is 2.86. The molecule has 0 saturated heterocycles. The SMILES string of the molecule is C=C/C=C(/CO/C(C)=C/C=C)N=C. The lowest BCUT2D eigenvalue weighted by atomic mass is 10.4. The average Bonchev–Trinajstić information content (AvgIpc) is 2.12. The number of ether oxygens (including phenoxy) is 1. The van der Waals surface area contributed by atoms with Crippen LogP contribution in [0.4, 0.5) is 0 Å². The summed E-state index contributed by atoms with van der Waals surface area (Å²) in [5, 5.41) is 0. The van der Waals surface area contributed by atoms with Crippen molar-refractivity contribution in [2.24, 2.45) is 4.99 Å². The minimum atomic E-state index is 0.408. The molecule has 0 radical (unpaired) electrons. The summed E-state index contributed by atoms with van der Waals surface area (Å²) < 4.78 is 5.33. The molecule has 0 aliphatic carbocycles. The quantitative estimate of drug-likeness (QED) is 0.347. The highest BCUT2D eigenvalue weighted by Gasteiger charge is 1.92. The zero-order valence-electron chi connectivity index (χ0n) is 7.99. The topological polar surface area (TPSA) is 21.6 Å². The molecule has 0 saturated carbocycles. The van der Waals surface area contributed by atoms with Crippen LogP contribution in [0.3, 0.4) is 0 Å². The summed E-state index contributed by atoms with van der Waals surface area (Å²) in [5.41, 5.74) is 0.756. The van der Waals surface area contributed by atoms with Crippen LogP contribution in [-0.4, -0.2) is 13.3 Å². The van der Waals surface area contributed by atoms with Crippen molar-refractivity contribution < 1.29 is 4.74 Å². The average molecular weight is 177 g/mol. The second-order valence-corrected chi connectivity index (χ2v) is 2.35. The summed E-state index contributed by atoms with van der Waals surface area (Å²) in [6, 6.07) is 0. The van der Waals surface area contributed by atoms with Crippen LogP contribution in [0.5, 0.6) is 0 Å². The molecule has 0 rings (SSSR count). The van der Waals surface area contributed by atoms with E-state index in [1.807, 2.05) is 6.92 Å². The molecule has 2 nitrogen and oxygen atoms in total. The lowest BCUT2D eigenvalue weighted by Crippen LogP contribution is -1.94. The summed E-state index contributed by atoms with van der Waals surface area (Å²) in [5.74, 6) is 0.800. The predicted molar refractivity (Wildman–Crippen MR) is 57.7 cm³/mol. The van der Waals surface area contributed by atoms with Crippen molar-refractivity contribution in [3.8, 4) is 0 Å². The van der Waals surface area contributed by atoms with E-state index in [1.165, 1.54) is 0 Å². The van der Waals surface area contributed by atoms with Crippen molar-refractivity contribution >= 4 is 6.72 Å². The first-order chi connectivity index (χ1) is 6.24. The normalized spacial score (nSPS) is 12.1. The second-order valence-electron chi connectivity index (χ2n) is 2.35. The van der Waals surface area contributed by atoms with Gasteiger partial charge in [0.1, 0.15) is 6.61 Å². The Hall–Kier alpha value is -1.57. The Morgan fingerprint density at radius 3 is 2.38 bits per heavy atom. The molecule has 0 N–H and O–H groups in total. The number of allylic oxidation sites excluding steroid dienone is 5. The number of hydrogen-bond donors (Lipinski definition) is 0. The minimum Gasteiger partial charge on any atom is -0.492 e. The second kappa shape index (κ2) is 7.10. The smallest absolute Gasteiger partial charge is 0.130 e. The van der Waals surface area contributed by atoms with Gasteiger partial charge in [-0.05, 0) is 25.8 Å². The fourth-order valence-corrected chi connectivity index (χ4v) is 0.684. The van der Waals surface area contributed by atoms with E-state index in [9.17, 15) is 0 Å². The Morgan fingerprint density at radius 2 is 1.92 bits per heavy atom. The van der Waals surface area contributed by atoms with E-state index in [-0.39, 0.29) is 0 Å². The molecule has 0 aliphatic heterocycles. The molecule has 0 atom stereocenters. The molecular weight excluding hydrogens is 162 g/mol. The number of nitrogens with zero attached hydrogens (tertiary/aromatic N) is 1. The van der Waals surface area contributed by atoms with Gasteiger partial charge in [-0.15, -0.1) is 0 Å². The Morgan fingerprint density at radius 1 is 1.31 bits per heavy atom. The van der Waals surface area contributed by atoms with E-state index >= 15 is 0 Å². The first-order valence-corrected chi connectivity index (χ1v) is 3.95. The Bertz CT molecular complexity index is 249. The minimum absolute atomic E-state index is 0.408. The van der Waals surface area contributed by atoms with Crippen molar-refractivity contribution in [2.45, 2.75) is 6.92 Å². The van der Waals surface area contributed by atoms with Crippen molar-refractivity contribution in [1.29, 1.82) is 0 Å². The van der Waals surface area contributed by atoms with Crippen molar-refractivity contribution in [3.05, 3.63) is 48.9 Å². The van der Waals surface area contributed by atoms with Crippen LogP contribution in [0.1, 0.15) is 6.92 Å². The molecule has 0 aromatic rings. The van der Waals surface area contributed by atoms with E-state index in [2.05, 4.69) is 24.9 Å². The van der Waals surface area contributed by atoms with Crippen LogP contribution in [0.2, 0.25) is 0 Å². The maximum atomic E-state index is 5.33. The van der Waals surface area contributed by atoms with Gasteiger partial charge in [0.25, 0.3) is 0 Å². The highest BCUT2D eigenvalue weighted by molar-refractivity contribution is 5.30. The van der Waals surface area contributed by atoms with E-state index in [0.717, 1.165) is 11.5 Å². The van der Waals surface area contributed by atoms with Gasteiger partial charge in [0.2, 0.25) is 0 Å². The van der Waals surface area contributed by atoms with Gasteiger partial charge < -0.3 is 4.74 Å². The summed E-state index contributed by atoms with van der Waals surface area (Å²) >= 11 is 0. The van der Waals surface area contributed by atoms with Crippen LogP contribution in [0.25, 0.3) is 0 Å². The maximum absolute atomic E-state index is 5.33. The van der Waals surface area contributed by atoms with E-state index in [1.54, 1.807) is 24.3 Å². The van der Waals surface area contributed by atoms with Crippen LogP contribution >= 0.6 is 0 Å². The van der Waals surface area contributed by atoms with Gasteiger partial charge >= 0.3 is 0 Å². The molecule has 0 fully saturated rings. The number of hydrogen-bond acceptors (Lipinski definition) is 2. The maximum Gasteiger partial charge on any atom is 0.130 e. The molecule has 0 unspecified atom stereocenters. The van der Waals surface area contributed by atoms with Gasteiger partial charge in [-0.3, -0.25) is 4.99 Å². The fourth-order valence-electron chi connectivity index (χ4n) is 0.684. The molecule has 0 aliphatic rings. The summed E-state index contributed by atoms with van der Waals surface area (Å²) in [4.78, 5) is 3.77. The van der Waals surface area contributed by atoms with E-state index in [4.69, 9.17) is 4.74 Å². The summed E-state index contributed by atoms with van der Waals surface area (Å²) in [7, 11) is 0. The standard InChI is InChI=1S/C11H15NO/c1-5-7-10(3)13-9-11(12-4)8-6-2/h5-8H,1-2,4,9H2,3H3/b10-7+,11-8-. The Labute approximate surface area is 79.6 Å². The van der Waals surface area contributed by atoms with Gasteiger partial charge in [0.15, 0.2) is 0 Å². The van der Waals surface area contributed by atoms with Crippen LogP contribution in [-0.2, 0) is 4.74 Å². The van der Waals surface area contributed by atoms with Gasteiger partial charge in [-0.25, -0.2) is 0 Å². The summed E-state index contributed by atoms with van der Waals surface area (Å²) in [6.07, 6.45) is 6.87. The molecule has 0 aromatic heterocycles. The summed E-state index contributed by atoms with van der Waals surface area (Å²) in [6.45, 7) is 12.8. The van der Waals surface area contributed by atoms with E-state index in [0.29, 0.717) is 6.61 Å². The third-order valence-corrected chi connectivity index (χ3v) is 1.31. The van der Waals surface area contributed by atoms with Gasteiger partial charge in [0.05, 0.1) is 11.5 Å². The van der Waals surface area contributed by atoms with Crippen molar-refractivity contribution in [3.63, 3.8) is 0 Å². The van der Waals surface area contributed by atoms with E-state index < -0.39 is 0 Å². The lowest BCUT2D eigenvalue weighted by Gasteiger charge is -2.04. The third-order valence-electron chi connectivity index (χ3n) is 1.31. The zero-order chi connectivity index (χ0) is 10.1. The molecule has 13 heavy (non-hydrogen) atoms. The fraction of sp³-hybridized carbons (Fsp3) is 0.182. The first-order valence-electron chi connectivity index (χ1n) is 3.95. The lowest BCUT2D eigenvalue weighted by molar-refractivity contribution is 0.241. The molecule has 70 valence electrons. The van der Waals surface area contributed by atoms with Crippen LogP contribution < -0.4 is 0 Å². The van der Waals surface area contributed by atoms with Crippen LogP contribution in [0, 0.1) is 0 Å². The zero-order valence-corrected chi connectivity index (χ0v) is 7.99. The first kappa shape index (κ1) is 11.4. The van der Waals surface area contributed by atoms with Gasteiger partial charge in [-0.2, -0.15) is 0 Å². The molecule has 0 amide bonds. The molecular formula is C11H15NO. The molecule has 0 bridgehead atoms. The molecule has 0 spiro atoms. The Kier molecular flexibility index (Phi) is 6.24. The van der Waals surface area contributed by atoms with Gasteiger partial charge in [0, 0.05) is 0 Å². The van der Waals surface area contributed by atoms with Crippen LogP contribution in [0.15, 0.2) is 53.9 Å². The number of aliphatic imine (C=N–C) groups is 1. The molecule has 0 heterocycles. The van der Waals surface area contributed by atoms with Crippen molar-refractivity contribution in [1.82, 2.24) is 0 Å². The molecule has 0 aromatic carbocycles. The third kappa shape index (κ3) is 5.67. The van der Waals surface area contributed by atoms with Gasteiger partial charge in [-0.1, -0.05) is 25.3 Å². The number of rotatable bonds is 6. The highest BCUT2D eigenvalue weighted by atomic mass is 16.5. The monoisotopic (exact) mass is 177 g/mol. The largest absolute Gasteiger partial charge is 0.492 e.